The van der Waals surface area contributed by atoms with Crippen LogP contribution in [0, 0.1) is 0 Å². The molecule has 2 N–H and O–H groups in total. The summed E-state index contributed by atoms with van der Waals surface area (Å²) in [7, 11) is 0. The third kappa shape index (κ3) is 3.66. The van der Waals surface area contributed by atoms with Crippen LogP contribution in [-0.2, 0) is 5.41 Å². The highest BCUT2D eigenvalue weighted by molar-refractivity contribution is 6.05. The smallest absolute Gasteiger partial charge is 0.337 e. The van der Waals surface area contributed by atoms with Crippen LogP contribution in [0.15, 0.2) is 36.8 Å². The molecule has 0 saturated heterocycles. The molecule has 2 heterocycles. The number of hydrogen-bond acceptors (Lipinski definition) is 4. The van der Waals surface area contributed by atoms with Crippen molar-refractivity contribution in [1.82, 2.24) is 9.97 Å². The van der Waals surface area contributed by atoms with Crippen molar-refractivity contribution in [3.8, 4) is 0 Å². The average Bonchev–Trinajstić information content (AvgIpc) is 2.47. The first kappa shape index (κ1) is 15.6. The van der Waals surface area contributed by atoms with E-state index in [9.17, 15) is 9.59 Å². The molecule has 6 nitrogen and oxygen atoms in total. The highest BCUT2D eigenvalue weighted by Gasteiger charge is 2.15. The van der Waals surface area contributed by atoms with Crippen molar-refractivity contribution < 1.29 is 14.7 Å². The number of aromatic nitrogens is 2. The summed E-state index contributed by atoms with van der Waals surface area (Å²) in [5.41, 5.74) is 1.54. The SMILES string of the molecule is CC(C)(C)c1ccc(NC(=O)c2cncc(C(=O)O)c2)cn1. The van der Waals surface area contributed by atoms with Gasteiger partial charge in [0, 0.05) is 23.5 Å². The molecule has 6 heteroatoms. The molecule has 0 bridgehead atoms. The molecule has 2 aromatic heterocycles. The van der Waals surface area contributed by atoms with E-state index in [1.54, 1.807) is 12.3 Å². The van der Waals surface area contributed by atoms with Gasteiger partial charge in [0.2, 0.25) is 0 Å². The number of carbonyl (C=O) groups is 2. The summed E-state index contributed by atoms with van der Waals surface area (Å²) in [6.07, 6.45) is 4.09. The third-order valence-corrected chi connectivity index (χ3v) is 3.04. The van der Waals surface area contributed by atoms with E-state index in [-0.39, 0.29) is 16.5 Å². The van der Waals surface area contributed by atoms with E-state index in [4.69, 9.17) is 5.11 Å². The molecule has 0 radical (unpaired) electrons. The summed E-state index contributed by atoms with van der Waals surface area (Å²) in [4.78, 5) is 31.1. The molecule has 0 aliphatic heterocycles. The fourth-order valence-electron chi connectivity index (χ4n) is 1.80. The van der Waals surface area contributed by atoms with E-state index in [2.05, 4.69) is 36.1 Å². The molecule has 2 aromatic rings. The summed E-state index contributed by atoms with van der Waals surface area (Å²) < 4.78 is 0. The largest absolute Gasteiger partial charge is 0.478 e. The Morgan fingerprint density at radius 2 is 1.77 bits per heavy atom. The molecule has 1 amide bonds. The zero-order valence-corrected chi connectivity index (χ0v) is 12.6. The summed E-state index contributed by atoms with van der Waals surface area (Å²) >= 11 is 0. The van der Waals surface area contributed by atoms with Gasteiger partial charge in [-0.05, 0) is 18.2 Å². The maximum atomic E-state index is 12.1. The number of pyridine rings is 2. The summed E-state index contributed by atoms with van der Waals surface area (Å²) in [5.74, 6) is -1.56. The van der Waals surface area contributed by atoms with Crippen LogP contribution >= 0.6 is 0 Å². The molecular formula is C16H17N3O3. The van der Waals surface area contributed by atoms with Gasteiger partial charge in [-0.1, -0.05) is 20.8 Å². The van der Waals surface area contributed by atoms with Gasteiger partial charge in [-0.15, -0.1) is 0 Å². The predicted octanol–water partition coefficient (Wildman–Crippen LogP) is 2.72. The number of carboxylic acids is 1. The average molecular weight is 299 g/mol. The van der Waals surface area contributed by atoms with Gasteiger partial charge in [-0.25, -0.2) is 4.79 Å². The van der Waals surface area contributed by atoms with Gasteiger partial charge in [-0.3, -0.25) is 14.8 Å². The number of aromatic carboxylic acids is 1. The zero-order valence-electron chi connectivity index (χ0n) is 12.6. The van der Waals surface area contributed by atoms with Crippen molar-refractivity contribution in [1.29, 1.82) is 0 Å². The molecular weight excluding hydrogens is 282 g/mol. The van der Waals surface area contributed by atoms with E-state index in [0.29, 0.717) is 5.69 Å². The van der Waals surface area contributed by atoms with Gasteiger partial charge in [0.1, 0.15) is 0 Å². The minimum atomic E-state index is -1.13. The predicted molar refractivity (Wildman–Crippen MR) is 82.1 cm³/mol. The topological polar surface area (TPSA) is 92.2 Å². The zero-order chi connectivity index (χ0) is 16.3. The lowest BCUT2D eigenvalue weighted by atomic mass is 9.92. The van der Waals surface area contributed by atoms with Crippen molar-refractivity contribution in [2.24, 2.45) is 0 Å². The monoisotopic (exact) mass is 299 g/mol. The van der Waals surface area contributed by atoms with Crippen molar-refractivity contribution in [3.63, 3.8) is 0 Å². The van der Waals surface area contributed by atoms with E-state index < -0.39 is 11.9 Å². The van der Waals surface area contributed by atoms with Gasteiger partial charge in [0.15, 0.2) is 0 Å². The highest BCUT2D eigenvalue weighted by atomic mass is 16.4. The Morgan fingerprint density at radius 1 is 1.09 bits per heavy atom. The molecule has 2 rings (SSSR count). The fraction of sp³-hybridized carbons (Fsp3) is 0.250. The van der Waals surface area contributed by atoms with E-state index in [0.717, 1.165) is 5.69 Å². The standard InChI is InChI=1S/C16H17N3O3/c1-16(2,3)13-5-4-12(9-18-13)19-14(20)10-6-11(15(21)22)8-17-7-10/h4-9H,1-3H3,(H,19,20)(H,21,22). The molecule has 0 atom stereocenters. The van der Waals surface area contributed by atoms with Crippen molar-refractivity contribution in [2.75, 3.05) is 5.32 Å². The number of rotatable bonds is 3. The first-order chi connectivity index (χ1) is 10.3. The van der Waals surface area contributed by atoms with E-state index in [1.807, 2.05) is 6.07 Å². The summed E-state index contributed by atoms with van der Waals surface area (Å²) in [5, 5.41) is 11.6. The van der Waals surface area contributed by atoms with Gasteiger partial charge in [0.05, 0.1) is 23.0 Å². The van der Waals surface area contributed by atoms with Gasteiger partial charge >= 0.3 is 5.97 Å². The van der Waals surface area contributed by atoms with Crippen LogP contribution in [0.5, 0.6) is 0 Å². The second-order valence-electron chi connectivity index (χ2n) is 5.90. The first-order valence-corrected chi connectivity index (χ1v) is 6.73. The van der Waals surface area contributed by atoms with Crippen LogP contribution in [0.1, 0.15) is 47.2 Å². The first-order valence-electron chi connectivity index (χ1n) is 6.73. The lowest BCUT2D eigenvalue weighted by Gasteiger charge is -2.17. The third-order valence-electron chi connectivity index (χ3n) is 3.04. The number of carboxylic acid groups (broad SMARTS) is 1. The highest BCUT2D eigenvalue weighted by Crippen LogP contribution is 2.21. The Bertz CT molecular complexity index is 703. The van der Waals surface area contributed by atoms with Crippen LogP contribution < -0.4 is 5.32 Å². The number of hydrogen-bond donors (Lipinski definition) is 2. The Hall–Kier alpha value is -2.76. The lowest BCUT2D eigenvalue weighted by molar-refractivity contribution is 0.0696. The maximum absolute atomic E-state index is 12.1. The maximum Gasteiger partial charge on any atom is 0.337 e. The molecule has 22 heavy (non-hydrogen) atoms. The van der Waals surface area contributed by atoms with Gasteiger partial charge in [-0.2, -0.15) is 0 Å². The molecule has 114 valence electrons. The minimum Gasteiger partial charge on any atom is -0.478 e. The molecule has 0 unspecified atom stereocenters. The number of amides is 1. The molecule has 0 aromatic carbocycles. The molecule has 0 saturated carbocycles. The fourth-order valence-corrected chi connectivity index (χ4v) is 1.80. The van der Waals surface area contributed by atoms with E-state index >= 15 is 0 Å². The Kier molecular flexibility index (Phi) is 4.21. The van der Waals surface area contributed by atoms with Crippen molar-refractivity contribution in [3.05, 3.63) is 53.6 Å². The summed E-state index contributed by atoms with van der Waals surface area (Å²) in [6.45, 7) is 6.16. The number of nitrogens with zero attached hydrogens (tertiary/aromatic N) is 2. The minimum absolute atomic E-state index is 0.0335. The van der Waals surface area contributed by atoms with Gasteiger partial charge in [0.25, 0.3) is 5.91 Å². The van der Waals surface area contributed by atoms with Crippen LogP contribution in [0.25, 0.3) is 0 Å². The van der Waals surface area contributed by atoms with Crippen molar-refractivity contribution in [2.45, 2.75) is 26.2 Å². The number of anilines is 1. The van der Waals surface area contributed by atoms with Gasteiger partial charge < -0.3 is 10.4 Å². The van der Waals surface area contributed by atoms with Crippen LogP contribution in [0.4, 0.5) is 5.69 Å². The van der Waals surface area contributed by atoms with Crippen LogP contribution in [0.2, 0.25) is 0 Å². The molecule has 0 fully saturated rings. The van der Waals surface area contributed by atoms with Crippen LogP contribution in [0.3, 0.4) is 0 Å². The summed E-state index contributed by atoms with van der Waals surface area (Å²) in [6, 6.07) is 4.89. The number of nitrogens with one attached hydrogen (secondary N) is 1. The second-order valence-corrected chi connectivity index (χ2v) is 5.90. The lowest BCUT2D eigenvalue weighted by Crippen LogP contribution is -2.16. The van der Waals surface area contributed by atoms with E-state index in [1.165, 1.54) is 18.5 Å². The van der Waals surface area contributed by atoms with Crippen LogP contribution in [-0.4, -0.2) is 27.0 Å². The quantitative estimate of drug-likeness (QED) is 0.909. The number of carbonyl (C=O) groups excluding carboxylic acids is 1. The molecule has 0 aliphatic rings. The Morgan fingerprint density at radius 3 is 2.32 bits per heavy atom. The second kappa shape index (κ2) is 5.93. The molecule has 0 aliphatic carbocycles. The molecule has 0 spiro atoms. The Labute approximate surface area is 128 Å². The Balaban J connectivity index is 2.15. The normalized spacial score (nSPS) is 11.0. The van der Waals surface area contributed by atoms with Crippen molar-refractivity contribution >= 4 is 17.6 Å².